The summed E-state index contributed by atoms with van der Waals surface area (Å²) in [5, 5.41) is 10.6. The van der Waals surface area contributed by atoms with E-state index in [4.69, 9.17) is 37.0 Å². The van der Waals surface area contributed by atoms with Gasteiger partial charge in [0.15, 0.2) is 12.2 Å². The van der Waals surface area contributed by atoms with Crippen LogP contribution >= 0.6 is 15.6 Å². The Morgan fingerprint density at radius 2 is 0.510 bits per heavy atom. The molecule has 0 aromatic carbocycles. The molecule has 17 nitrogen and oxygen atoms in total. The second kappa shape index (κ2) is 75.2. The number of rotatable bonds is 76. The van der Waals surface area contributed by atoms with Gasteiger partial charge in [-0.25, -0.2) is 9.13 Å². The maximum Gasteiger partial charge on any atom is 0.472 e. The van der Waals surface area contributed by atoms with Gasteiger partial charge in [0.05, 0.1) is 26.4 Å². The number of carbonyl (C=O) groups is 4. The molecule has 0 fully saturated rings. The molecule has 0 aliphatic carbocycles. The van der Waals surface area contributed by atoms with Crippen molar-refractivity contribution in [1.29, 1.82) is 0 Å². The van der Waals surface area contributed by atoms with Gasteiger partial charge in [0.1, 0.15) is 19.3 Å². The zero-order valence-corrected chi connectivity index (χ0v) is 66.3. The van der Waals surface area contributed by atoms with Crippen LogP contribution in [-0.4, -0.2) is 96.7 Å². The number of phosphoric ester groups is 2. The van der Waals surface area contributed by atoms with Crippen LogP contribution in [0.25, 0.3) is 0 Å². The van der Waals surface area contributed by atoms with Gasteiger partial charge >= 0.3 is 39.5 Å². The molecule has 0 bridgehead atoms. The summed E-state index contributed by atoms with van der Waals surface area (Å²) in [7, 11) is -9.97. The summed E-state index contributed by atoms with van der Waals surface area (Å²) in [5.41, 5.74) is 0. The Morgan fingerprint density at radius 1 is 0.284 bits per heavy atom. The van der Waals surface area contributed by atoms with E-state index in [1.807, 2.05) is 0 Å². The molecule has 0 aliphatic rings. The van der Waals surface area contributed by atoms with Crippen LogP contribution in [0.3, 0.4) is 0 Å². The SMILES string of the molecule is CC/C=C\C/C=C\C/C=C\C/C=C\C/C=C\CCCCCC(=O)O[C@H](COC(=O)CCCCCCCCC/C=C\CCCCCC)COP(=O)(O)OC[C@@H](O)COP(=O)(O)OC[C@@H](COC(=O)CCCCCCC/C=C\CCCCCC)OC(=O)CCCCCCCCC/C=C\CCCCCC. The first-order valence-electron chi connectivity index (χ1n) is 40.5. The van der Waals surface area contributed by atoms with Gasteiger partial charge in [-0.15, -0.1) is 0 Å². The highest BCUT2D eigenvalue weighted by Gasteiger charge is 2.30. The molecule has 0 aliphatic heterocycles. The molecule has 0 radical (unpaired) electrons. The Hall–Kier alpha value is -4.02. The third-order valence-electron chi connectivity index (χ3n) is 17.0. The third kappa shape index (κ3) is 74.3. The standard InChI is InChI=1S/C83H146O17P2/c1-5-9-13-17-21-25-29-33-36-37-38-39-42-46-50-54-58-62-66-70-83(88)100-79(74-94-81(86)68-64-60-56-52-48-44-40-34-30-26-22-18-14-10-6-2)76-98-102(91,92)96-72-77(84)71-95-101(89,90)97-75-78(73-93-80(85)67-63-59-55-51-47-43-32-28-24-20-16-12-8-4)99-82(87)69-65-61-57-53-49-45-41-35-31-27-23-19-15-11-7-3/h9,13,21,25-28,30-33,36,38-39,46,50,77-79,84H,5-8,10-12,14-20,22-24,29,34-35,37,40-45,47-49,51-76H2,1-4H3,(H,89,90)(H,91,92)/b13-9-,25-21-,30-26-,31-27-,32-28-,36-33-,39-38-,50-46-/t77-,78+,79+/m0/s1. The summed E-state index contributed by atoms with van der Waals surface area (Å²) in [6.07, 6.45) is 79.5. The van der Waals surface area contributed by atoms with Gasteiger partial charge in [0.25, 0.3) is 0 Å². The Morgan fingerprint density at radius 3 is 0.804 bits per heavy atom. The smallest absolute Gasteiger partial charge is 0.462 e. The highest BCUT2D eigenvalue weighted by atomic mass is 31.2. The third-order valence-corrected chi connectivity index (χ3v) is 18.9. The molecule has 0 saturated heterocycles. The fraction of sp³-hybridized carbons (Fsp3) is 0.759. The molecular formula is C83H146O17P2. The summed E-state index contributed by atoms with van der Waals surface area (Å²) in [6, 6.07) is 0. The van der Waals surface area contributed by atoms with Gasteiger partial charge < -0.3 is 33.8 Å². The van der Waals surface area contributed by atoms with E-state index in [2.05, 4.69) is 125 Å². The number of phosphoric acid groups is 2. The molecule has 19 heteroatoms. The second-order valence-corrected chi connectivity index (χ2v) is 29.9. The predicted octanol–water partition coefficient (Wildman–Crippen LogP) is 23.6. The molecule has 0 rings (SSSR count). The number of aliphatic hydroxyl groups excluding tert-OH is 1. The van der Waals surface area contributed by atoms with Crippen LogP contribution in [0.5, 0.6) is 0 Å². The van der Waals surface area contributed by atoms with E-state index in [0.717, 1.165) is 180 Å². The van der Waals surface area contributed by atoms with Gasteiger partial charge in [0, 0.05) is 25.7 Å². The van der Waals surface area contributed by atoms with E-state index in [9.17, 15) is 43.2 Å². The molecule has 590 valence electrons. The predicted molar refractivity (Wildman–Crippen MR) is 418 cm³/mol. The number of unbranched alkanes of at least 4 members (excludes halogenated alkanes) is 34. The molecule has 0 heterocycles. The molecular weight excluding hydrogens is 1330 g/mol. The molecule has 2 unspecified atom stereocenters. The van der Waals surface area contributed by atoms with Crippen LogP contribution in [0.2, 0.25) is 0 Å². The van der Waals surface area contributed by atoms with E-state index in [1.165, 1.54) is 89.9 Å². The first kappa shape index (κ1) is 98.0. The highest BCUT2D eigenvalue weighted by Crippen LogP contribution is 2.45. The highest BCUT2D eigenvalue weighted by molar-refractivity contribution is 7.47. The van der Waals surface area contributed by atoms with Crippen LogP contribution in [0.4, 0.5) is 0 Å². The van der Waals surface area contributed by atoms with Gasteiger partial charge in [-0.1, -0.05) is 273 Å². The molecule has 5 atom stereocenters. The van der Waals surface area contributed by atoms with E-state index in [0.29, 0.717) is 25.7 Å². The normalized spacial score (nSPS) is 14.4. The summed E-state index contributed by atoms with van der Waals surface area (Å²) < 4.78 is 68.6. The minimum absolute atomic E-state index is 0.0552. The Labute approximate surface area is 620 Å². The maximum atomic E-state index is 13.1. The fourth-order valence-electron chi connectivity index (χ4n) is 10.8. The minimum Gasteiger partial charge on any atom is -0.462 e. The Bertz CT molecular complexity index is 2310. The van der Waals surface area contributed by atoms with Crippen molar-refractivity contribution in [2.24, 2.45) is 0 Å². The summed E-state index contributed by atoms with van der Waals surface area (Å²) in [5.74, 6) is -2.21. The van der Waals surface area contributed by atoms with Crippen molar-refractivity contribution in [3.05, 3.63) is 97.2 Å². The Kier molecular flexibility index (Phi) is 72.3. The van der Waals surface area contributed by atoms with Crippen LogP contribution in [0.1, 0.15) is 349 Å². The number of hydrogen-bond donors (Lipinski definition) is 3. The van der Waals surface area contributed by atoms with Crippen LogP contribution in [0.15, 0.2) is 97.2 Å². The molecule has 102 heavy (non-hydrogen) atoms. The lowest BCUT2D eigenvalue weighted by Gasteiger charge is -2.21. The quantitative estimate of drug-likeness (QED) is 0.0169. The largest absolute Gasteiger partial charge is 0.472 e. The molecule has 0 amide bonds. The number of carbonyl (C=O) groups excluding carboxylic acids is 4. The van der Waals surface area contributed by atoms with Crippen molar-refractivity contribution in [3.8, 4) is 0 Å². The minimum atomic E-state index is -4.99. The van der Waals surface area contributed by atoms with Crippen molar-refractivity contribution in [2.75, 3.05) is 39.6 Å². The summed E-state index contributed by atoms with van der Waals surface area (Å²) >= 11 is 0. The number of allylic oxidation sites excluding steroid dienone is 16. The van der Waals surface area contributed by atoms with Crippen molar-refractivity contribution >= 4 is 39.5 Å². The number of esters is 4. The second-order valence-electron chi connectivity index (χ2n) is 27.0. The van der Waals surface area contributed by atoms with E-state index >= 15 is 0 Å². The van der Waals surface area contributed by atoms with Crippen molar-refractivity contribution < 1.29 is 80.2 Å². The molecule has 0 spiro atoms. The van der Waals surface area contributed by atoms with Gasteiger partial charge in [-0.05, 0) is 148 Å². The van der Waals surface area contributed by atoms with E-state index < -0.39 is 97.5 Å². The zero-order valence-electron chi connectivity index (χ0n) is 64.5. The van der Waals surface area contributed by atoms with Crippen LogP contribution in [-0.2, 0) is 65.4 Å². The van der Waals surface area contributed by atoms with Crippen LogP contribution < -0.4 is 0 Å². The van der Waals surface area contributed by atoms with Crippen LogP contribution in [0, 0.1) is 0 Å². The van der Waals surface area contributed by atoms with Crippen molar-refractivity contribution in [1.82, 2.24) is 0 Å². The number of aliphatic hydroxyl groups is 1. The topological polar surface area (TPSA) is 237 Å². The monoisotopic (exact) mass is 1480 g/mol. The summed E-state index contributed by atoms with van der Waals surface area (Å²) in [4.78, 5) is 73.0. The van der Waals surface area contributed by atoms with E-state index in [-0.39, 0.29) is 25.7 Å². The van der Waals surface area contributed by atoms with Gasteiger partial charge in [-0.2, -0.15) is 0 Å². The lowest BCUT2D eigenvalue weighted by Crippen LogP contribution is -2.30. The molecule has 3 N–H and O–H groups in total. The van der Waals surface area contributed by atoms with Gasteiger partial charge in [-0.3, -0.25) is 37.3 Å². The van der Waals surface area contributed by atoms with Crippen molar-refractivity contribution in [3.63, 3.8) is 0 Å². The maximum absolute atomic E-state index is 13.1. The number of ether oxygens (including phenoxy) is 4. The molecule has 0 aromatic heterocycles. The first-order valence-corrected chi connectivity index (χ1v) is 43.5. The van der Waals surface area contributed by atoms with Crippen molar-refractivity contribution in [2.45, 2.75) is 367 Å². The first-order chi connectivity index (χ1) is 49.7. The average molecular weight is 1480 g/mol. The lowest BCUT2D eigenvalue weighted by atomic mass is 10.1. The fourth-order valence-corrected chi connectivity index (χ4v) is 12.4. The Balaban J connectivity index is 5.39. The summed E-state index contributed by atoms with van der Waals surface area (Å²) in [6.45, 7) is 4.71. The van der Waals surface area contributed by atoms with Gasteiger partial charge in [0.2, 0.25) is 0 Å². The zero-order chi connectivity index (χ0) is 74.6. The molecule has 0 aromatic rings. The molecule has 0 saturated carbocycles. The van der Waals surface area contributed by atoms with E-state index in [1.54, 1.807) is 0 Å². The number of hydrogen-bond acceptors (Lipinski definition) is 15. The average Bonchev–Trinajstić information content (AvgIpc) is 1.21. The lowest BCUT2D eigenvalue weighted by molar-refractivity contribution is -0.161.